The minimum Gasteiger partial charge on any atom is -0.465 e. The Hall–Kier alpha value is -1.62. The molecule has 1 atom stereocenters. The molecule has 1 heterocycles. The summed E-state index contributed by atoms with van der Waals surface area (Å²) in [7, 11) is 1.44. The summed E-state index contributed by atoms with van der Waals surface area (Å²) in [6.07, 6.45) is -0.392. The lowest BCUT2D eigenvalue weighted by Gasteiger charge is -2.13. The van der Waals surface area contributed by atoms with E-state index in [0.29, 0.717) is 24.4 Å². The molecular formula is C11H16N2O3. The molecule has 0 aromatic carbocycles. The van der Waals surface area contributed by atoms with Crippen molar-refractivity contribution in [2.24, 2.45) is 0 Å². The maximum atomic E-state index is 10.7. The molecule has 0 bridgehead atoms. The Labute approximate surface area is 94.4 Å². The van der Waals surface area contributed by atoms with E-state index in [-0.39, 0.29) is 0 Å². The zero-order valence-corrected chi connectivity index (χ0v) is 9.42. The van der Waals surface area contributed by atoms with Crippen LogP contribution < -0.4 is 4.90 Å². The van der Waals surface area contributed by atoms with Gasteiger partial charge in [0.15, 0.2) is 0 Å². The molecule has 0 saturated carbocycles. The third kappa shape index (κ3) is 3.20. The lowest BCUT2D eigenvalue weighted by molar-refractivity contribution is 0.169. The number of nitrogens with zero attached hydrogens (tertiary/aromatic N) is 2. The number of hydrogen-bond donors (Lipinski definition) is 2. The van der Waals surface area contributed by atoms with Crippen LogP contribution in [0.5, 0.6) is 0 Å². The topological polar surface area (TPSA) is 73.7 Å². The Morgan fingerprint density at radius 1 is 1.56 bits per heavy atom. The van der Waals surface area contributed by atoms with Crippen LogP contribution in [0.1, 0.15) is 19.0 Å². The molecule has 88 valence electrons. The highest BCUT2D eigenvalue weighted by atomic mass is 16.4. The SMILES string of the molecule is CCC(O)Cc1cccc(N(C)C(=O)O)n1. The van der Waals surface area contributed by atoms with Crippen molar-refractivity contribution in [3.63, 3.8) is 0 Å². The van der Waals surface area contributed by atoms with Gasteiger partial charge in [-0.2, -0.15) is 0 Å². The van der Waals surface area contributed by atoms with E-state index in [1.807, 2.05) is 6.92 Å². The summed E-state index contributed by atoms with van der Waals surface area (Å²) in [5.74, 6) is 0.369. The lowest BCUT2D eigenvalue weighted by Crippen LogP contribution is -2.25. The number of pyridine rings is 1. The first-order valence-corrected chi connectivity index (χ1v) is 5.15. The molecule has 16 heavy (non-hydrogen) atoms. The highest BCUT2D eigenvalue weighted by Gasteiger charge is 2.11. The number of aliphatic hydroxyl groups is 1. The Morgan fingerprint density at radius 3 is 2.81 bits per heavy atom. The van der Waals surface area contributed by atoms with Gasteiger partial charge in [0.05, 0.1) is 6.10 Å². The molecule has 5 heteroatoms. The molecule has 0 aliphatic carbocycles. The molecule has 1 rings (SSSR count). The van der Waals surface area contributed by atoms with E-state index in [2.05, 4.69) is 4.98 Å². The van der Waals surface area contributed by atoms with Crippen LogP contribution in [0.15, 0.2) is 18.2 Å². The number of anilines is 1. The maximum Gasteiger partial charge on any atom is 0.412 e. The quantitative estimate of drug-likeness (QED) is 0.813. The molecule has 1 unspecified atom stereocenters. The molecule has 0 fully saturated rings. The van der Waals surface area contributed by atoms with Gasteiger partial charge in [0.1, 0.15) is 5.82 Å². The van der Waals surface area contributed by atoms with Crippen molar-refractivity contribution in [1.82, 2.24) is 4.98 Å². The first-order chi connectivity index (χ1) is 7.54. The zero-order chi connectivity index (χ0) is 12.1. The predicted octanol–water partition coefficient (Wildman–Crippen LogP) is 1.51. The van der Waals surface area contributed by atoms with Gasteiger partial charge in [-0.15, -0.1) is 0 Å². The fourth-order valence-electron chi connectivity index (χ4n) is 1.25. The first-order valence-electron chi connectivity index (χ1n) is 5.15. The van der Waals surface area contributed by atoms with Gasteiger partial charge in [0.25, 0.3) is 0 Å². The van der Waals surface area contributed by atoms with Gasteiger partial charge < -0.3 is 10.2 Å². The average molecular weight is 224 g/mol. The molecule has 0 aliphatic rings. The number of carboxylic acid groups (broad SMARTS) is 1. The monoisotopic (exact) mass is 224 g/mol. The Kier molecular flexibility index (Phi) is 4.25. The Morgan fingerprint density at radius 2 is 2.25 bits per heavy atom. The largest absolute Gasteiger partial charge is 0.465 e. The zero-order valence-electron chi connectivity index (χ0n) is 9.42. The van der Waals surface area contributed by atoms with Crippen LogP contribution in [-0.2, 0) is 6.42 Å². The molecule has 5 nitrogen and oxygen atoms in total. The highest BCUT2D eigenvalue weighted by Crippen LogP contribution is 2.11. The van der Waals surface area contributed by atoms with Crippen LogP contribution in [0.25, 0.3) is 0 Å². The van der Waals surface area contributed by atoms with Crippen molar-refractivity contribution in [1.29, 1.82) is 0 Å². The minimum atomic E-state index is -1.05. The number of rotatable bonds is 4. The third-order valence-corrected chi connectivity index (χ3v) is 2.34. The van der Waals surface area contributed by atoms with E-state index >= 15 is 0 Å². The van der Waals surface area contributed by atoms with Crippen LogP contribution in [0.2, 0.25) is 0 Å². The second-order valence-corrected chi connectivity index (χ2v) is 3.59. The summed E-state index contributed by atoms with van der Waals surface area (Å²) in [6, 6.07) is 5.13. The van der Waals surface area contributed by atoms with Gasteiger partial charge in [0.2, 0.25) is 0 Å². The van der Waals surface area contributed by atoms with Crippen molar-refractivity contribution < 1.29 is 15.0 Å². The fourth-order valence-corrected chi connectivity index (χ4v) is 1.25. The van der Waals surface area contributed by atoms with Crippen molar-refractivity contribution in [3.8, 4) is 0 Å². The predicted molar refractivity (Wildman–Crippen MR) is 60.7 cm³/mol. The van der Waals surface area contributed by atoms with Gasteiger partial charge >= 0.3 is 6.09 Å². The van der Waals surface area contributed by atoms with Crippen molar-refractivity contribution in [3.05, 3.63) is 23.9 Å². The number of amides is 1. The number of aromatic nitrogens is 1. The van der Waals surface area contributed by atoms with Crippen LogP contribution in [-0.4, -0.2) is 34.4 Å². The second-order valence-electron chi connectivity index (χ2n) is 3.59. The standard InChI is InChI=1S/C11H16N2O3/c1-3-9(14)7-8-5-4-6-10(12-8)13(2)11(15)16/h4-6,9,14H,3,7H2,1-2H3,(H,15,16). The highest BCUT2D eigenvalue weighted by molar-refractivity contribution is 5.83. The maximum absolute atomic E-state index is 10.7. The van der Waals surface area contributed by atoms with Crippen molar-refractivity contribution in [2.75, 3.05) is 11.9 Å². The molecular weight excluding hydrogens is 208 g/mol. The average Bonchev–Trinajstić information content (AvgIpc) is 2.28. The van der Waals surface area contributed by atoms with Crippen molar-refractivity contribution in [2.45, 2.75) is 25.9 Å². The summed E-state index contributed by atoms with van der Waals surface area (Å²) < 4.78 is 0. The van der Waals surface area contributed by atoms with E-state index in [9.17, 15) is 9.90 Å². The molecule has 1 aromatic rings. The molecule has 0 spiro atoms. The van der Waals surface area contributed by atoms with E-state index in [1.165, 1.54) is 7.05 Å². The Balaban J connectivity index is 2.82. The first kappa shape index (κ1) is 12.4. The van der Waals surface area contributed by atoms with Crippen LogP contribution in [0, 0.1) is 0 Å². The fraction of sp³-hybridized carbons (Fsp3) is 0.455. The molecule has 1 aromatic heterocycles. The van der Waals surface area contributed by atoms with Gasteiger partial charge in [-0.25, -0.2) is 9.78 Å². The van der Waals surface area contributed by atoms with Gasteiger partial charge in [-0.3, -0.25) is 4.90 Å². The molecule has 0 aliphatic heterocycles. The summed E-state index contributed by atoms with van der Waals surface area (Å²) >= 11 is 0. The number of aliphatic hydroxyl groups excluding tert-OH is 1. The summed E-state index contributed by atoms with van der Waals surface area (Å²) in [4.78, 5) is 15.9. The summed E-state index contributed by atoms with van der Waals surface area (Å²) in [5.41, 5.74) is 0.694. The smallest absolute Gasteiger partial charge is 0.412 e. The second kappa shape index (κ2) is 5.46. The van der Waals surface area contributed by atoms with E-state index in [4.69, 9.17) is 5.11 Å². The lowest BCUT2D eigenvalue weighted by atomic mass is 10.1. The number of carbonyl (C=O) groups is 1. The van der Waals surface area contributed by atoms with Gasteiger partial charge in [-0.05, 0) is 18.6 Å². The van der Waals surface area contributed by atoms with Gasteiger partial charge in [-0.1, -0.05) is 13.0 Å². The minimum absolute atomic E-state index is 0.369. The van der Waals surface area contributed by atoms with Crippen LogP contribution in [0.4, 0.5) is 10.6 Å². The van der Waals surface area contributed by atoms with Crippen molar-refractivity contribution >= 4 is 11.9 Å². The normalized spacial score (nSPS) is 12.2. The van der Waals surface area contributed by atoms with E-state index < -0.39 is 12.2 Å². The molecule has 1 amide bonds. The molecule has 0 radical (unpaired) electrons. The van der Waals surface area contributed by atoms with Crippen LogP contribution >= 0.6 is 0 Å². The Bertz CT molecular complexity index is 368. The molecule has 0 saturated heterocycles. The summed E-state index contributed by atoms with van der Waals surface area (Å²) in [6.45, 7) is 1.89. The van der Waals surface area contributed by atoms with Gasteiger partial charge in [0, 0.05) is 19.2 Å². The molecule has 2 N–H and O–H groups in total. The van der Waals surface area contributed by atoms with E-state index in [1.54, 1.807) is 18.2 Å². The van der Waals surface area contributed by atoms with E-state index in [0.717, 1.165) is 4.90 Å². The summed E-state index contributed by atoms with van der Waals surface area (Å²) in [5, 5.41) is 18.3. The van der Waals surface area contributed by atoms with Crippen LogP contribution in [0.3, 0.4) is 0 Å². The number of hydrogen-bond acceptors (Lipinski definition) is 3. The third-order valence-electron chi connectivity index (χ3n) is 2.34.